The zero-order valence-corrected chi connectivity index (χ0v) is 9.76. The van der Waals surface area contributed by atoms with Crippen LogP contribution in [-0.4, -0.2) is 13.1 Å². The van der Waals surface area contributed by atoms with Crippen LogP contribution in [0.3, 0.4) is 0 Å². The molecule has 0 saturated heterocycles. The van der Waals surface area contributed by atoms with Crippen LogP contribution in [-0.2, 0) is 0 Å². The summed E-state index contributed by atoms with van der Waals surface area (Å²) >= 11 is 0. The summed E-state index contributed by atoms with van der Waals surface area (Å²) in [6, 6.07) is 0.750. The van der Waals surface area contributed by atoms with E-state index in [9.17, 15) is 0 Å². The highest BCUT2D eigenvalue weighted by Crippen LogP contribution is 2.33. The number of hydrogen-bond acceptors (Lipinski definition) is 1. The van der Waals surface area contributed by atoms with Crippen LogP contribution in [0, 0.1) is 11.8 Å². The fourth-order valence-electron chi connectivity index (χ4n) is 2.71. The summed E-state index contributed by atoms with van der Waals surface area (Å²) in [5, 5.41) is 3.49. The van der Waals surface area contributed by atoms with Crippen molar-refractivity contribution in [2.45, 2.75) is 51.5 Å². The molecule has 82 valence electrons. The van der Waals surface area contributed by atoms with Gasteiger partial charge in [0.2, 0.25) is 0 Å². The van der Waals surface area contributed by atoms with Gasteiger partial charge in [-0.15, -0.1) is 6.58 Å². The second-order valence-electron chi connectivity index (χ2n) is 4.79. The Morgan fingerprint density at radius 2 is 2.29 bits per heavy atom. The topological polar surface area (TPSA) is 12.0 Å². The maximum atomic E-state index is 3.77. The first-order valence-corrected chi connectivity index (χ1v) is 6.06. The Morgan fingerprint density at radius 3 is 2.79 bits per heavy atom. The van der Waals surface area contributed by atoms with Crippen molar-refractivity contribution in [3.05, 3.63) is 12.7 Å². The van der Waals surface area contributed by atoms with Crippen molar-refractivity contribution in [1.82, 2.24) is 5.32 Å². The van der Waals surface area contributed by atoms with E-state index in [0.717, 1.165) is 17.9 Å². The van der Waals surface area contributed by atoms with Gasteiger partial charge in [-0.3, -0.25) is 0 Å². The normalized spacial score (nSPS) is 29.0. The Hall–Kier alpha value is -0.300. The van der Waals surface area contributed by atoms with Gasteiger partial charge >= 0.3 is 0 Å². The van der Waals surface area contributed by atoms with E-state index >= 15 is 0 Å². The summed E-state index contributed by atoms with van der Waals surface area (Å²) in [6.45, 7) is 6.16. The quantitative estimate of drug-likeness (QED) is 0.506. The lowest BCUT2D eigenvalue weighted by molar-refractivity contribution is 0.346. The first-order chi connectivity index (χ1) is 6.77. The molecule has 1 aliphatic rings. The zero-order chi connectivity index (χ0) is 10.4. The number of unbranched alkanes of at least 4 members (excludes halogenated alkanes) is 1. The average Bonchev–Trinajstić information content (AvgIpc) is 2.60. The number of allylic oxidation sites excluding steroid dienone is 1. The van der Waals surface area contributed by atoms with Gasteiger partial charge in [0.25, 0.3) is 0 Å². The van der Waals surface area contributed by atoms with Crippen LogP contribution < -0.4 is 5.32 Å². The lowest BCUT2D eigenvalue weighted by atomic mass is 9.93. The molecule has 0 amide bonds. The highest BCUT2D eigenvalue weighted by atomic mass is 14.9. The van der Waals surface area contributed by atoms with Crippen molar-refractivity contribution < 1.29 is 0 Å². The van der Waals surface area contributed by atoms with Crippen LogP contribution in [0.2, 0.25) is 0 Å². The average molecular weight is 195 g/mol. The third-order valence-electron chi connectivity index (χ3n) is 3.60. The molecule has 0 aromatic rings. The van der Waals surface area contributed by atoms with Gasteiger partial charge in [-0.05, 0) is 51.0 Å². The molecule has 1 heteroatoms. The molecule has 1 N–H and O–H groups in total. The third-order valence-corrected chi connectivity index (χ3v) is 3.60. The van der Waals surface area contributed by atoms with E-state index in [1.807, 2.05) is 6.08 Å². The van der Waals surface area contributed by atoms with Crippen LogP contribution in [0.25, 0.3) is 0 Å². The Labute approximate surface area is 89.0 Å². The number of nitrogens with one attached hydrogen (secondary N) is 1. The van der Waals surface area contributed by atoms with Crippen molar-refractivity contribution >= 4 is 0 Å². The van der Waals surface area contributed by atoms with Gasteiger partial charge in [0.1, 0.15) is 0 Å². The molecular formula is C13H25N. The molecule has 0 spiro atoms. The highest BCUT2D eigenvalue weighted by Gasteiger charge is 2.27. The Balaban J connectivity index is 2.26. The van der Waals surface area contributed by atoms with E-state index in [0.29, 0.717) is 0 Å². The van der Waals surface area contributed by atoms with E-state index in [4.69, 9.17) is 0 Å². The lowest BCUT2D eigenvalue weighted by Crippen LogP contribution is -2.32. The Bertz CT molecular complexity index is 165. The molecule has 1 fully saturated rings. The predicted molar refractivity (Wildman–Crippen MR) is 63.4 cm³/mol. The molecule has 1 rings (SSSR count). The molecule has 1 saturated carbocycles. The van der Waals surface area contributed by atoms with Gasteiger partial charge in [-0.2, -0.15) is 0 Å². The predicted octanol–water partition coefficient (Wildman–Crippen LogP) is 3.37. The fourth-order valence-corrected chi connectivity index (χ4v) is 2.71. The SMILES string of the molecule is C=CCCCC(NC)C1CCC(C)C1. The second-order valence-corrected chi connectivity index (χ2v) is 4.79. The largest absolute Gasteiger partial charge is 0.317 e. The summed E-state index contributed by atoms with van der Waals surface area (Å²) in [5.41, 5.74) is 0. The minimum absolute atomic E-state index is 0.750. The van der Waals surface area contributed by atoms with Gasteiger partial charge < -0.3 is 5.32 Å². The molecule has 0 bridgehead atoms. The van der Waals surface area contributed by atoms with Crippen molar-refractivity contribution in [2.75, 3.05) is 7.05 Å². The maximum Gasteiger partial charge on any atom is 0.00925 e. The van der Waals surface area contributed by atoms with Crippen molar-refractivity contribution in [1.29, 1.82) is 0 Å². The van der Waals surface area contributed by atoms with Crippen molar-refractivity contribution in [3.8, 4) is 0 Å². The van der Waals surface area contributed by atoms with Crippen LogP contribution in [0.5, 0.6) is 0 Å². The molecule has 1 nitrogen and oxygen atoms in total. The van der Waals surface area contributed by atoms with Gasteiger partial charge in [-0.1, -0.05) is 19.4 Å². The van der Waals surface area contributed by atoms with Gasteiger partial charge in [-0.25, -0.2) is 0 Å². The molecular weight excluding hydrogens is 170 g/mol. The molecule has 0 radical (unpaired) electrons. The Kier molecular flexibility index (Phi) is 5.24. The smallest absolute Gasteiger partial charge is 0.00925 e. The van der Waals surface area contributed by atoms with Gasteiger partial charge in [0.15, 0.2) is 0 Å². The maximum absolute atomic E-state index is 3.77. The van der Waals surface area contributed by atoms with Crippen LogP contribution >= 0.6 is 0 Å². The van der Waals surface area contributed by atoms with Crippen LogP contribution in [0.4, 0.5) is 0 Å². The molecule has 0 aromatic carbocycles. The zero-order valence-electron chi connectivity index (χ0n) is 9.76. The van der Waals surface area contributed by atoms with Crippen LogP contribution in [0.15, 0.2) is 12.7 Å². The van der Waals surface area contributed by atoms with Crippen molar-refractivity contribution in [3.63, 3.8) is 0 Å². The first kappa shape index (κ1) is 11.8. The summed E-state index contributed by atoms with van der Waals surface area (Å²) < 4.78 is 0. The summed E-state index contributed by atoms with van der Waals surface area (Å²) in [5.74, 6) is 1.88. The van der Waals surface area contributed by atoms with E-state index < -0.39 is 0 Å². The summed E-state index contributed by atoms with van der Waals surface area (Å²) in [4.78, 5) is 0. The molecule has 3 unspecified atom stereocenters. The molecule has 3 atom stereocenters. The molecule has 0 heterocycles. The van der Waals surface area contributed by atoms with E-state index in [-0.39, 0.29) is 0 Å². The number of rotatable bonds is 6. The fraction of sp³-hybridized carbons (Fsp3) is 0.846. The first-order valence-electron chi connectivity index (χ1n) is 6.06. The molecule has 1 aliphatic carbocycles. The van der Waals surface area contributed by atoms with Gasteiger partial charge in [0, 0.05) is 6.04 Å². The van der Waals surface area contributed by atoms with Crippen molar-refractivity contribution in [2.24, 2.45) is 11.8 Å². The van der Waals surface area contributed by atoms with Gasteiger partial charge in [0.05, 0.1) is 0 Å². The lowest BCUT2D eigenvalue weighted by Gasteiger charge is -2.22. The standard InChI is InChI=1S/C13H25N/c1-4-5-6-7-13(14-3)12-9-8-11(2)10-12/h4,11-14H,1,5-10H2,2-3H3. The molecule has 0 aromatic heterocycles. The summed E-state index contributed by atoms with van der Waals surface area (Å²) in [6.07, 6.45) is 10.1. The van der Waals surface area contributed by atoms with E-state index in [1.54, 1.807) is 0 Å². The number of hydrogen-bond donors (Lipinski definition) is 1. The van der Waals surface area contributed by atoms with Crippen LogP contribution in [0.1, 0.15) is 45.4 Å². The van der Waals surface area contributed by atoms with E-state index in [1.165, 1.54) is 38.5 Å². The Morgan fingerprint density at radius 1 is 1.50 bits per heavy atom. The molecule has 0 aliphatic heterocycles. The molecule has 14 heavy (non-hydrogen) atoms. The minimum atomic E-state index is 0.750. The summed E-state index contributed by atoms with van der Waals surface area (Å²) in [7, 11) is 2.11. The highest BCUT2D eigenvalue weighted by molar-refractivity contribution is 4.83. The third kappa shape index (κ3) is 3.45. The monoisotopic (exact) mass is 195 g/mol. The van der Waals surface area contributed by atoms with E-state index in [2.05, 4.69) is 25.9 Å². The minimum Gasteiger partial charge on any atom is -0.317 e. The second kappa shape index (κ2) is 6.23.